The molecule has 1 aromatic carbocycles. The van der Waals surface area contributed by atoms with E-state index in [2.05, 4.69) is 32.7 Å². The van der Waals surface area contributed by atoms with E-state index in [4.69, 9.17) is 32.9 Å². The number of Topliss-reactive ketones (excluding diaryl/α,β-unsaturated/α-hetero) is 1. The van der Waals surface area contributed by atoms with Gasteiger partial charge in [0.25, 0.3) is 0 Å². The zero-order valence-electron chi connectivity index (χ0n) is 27.3. The number of hydrogen-bond donors (Lipinski definition) is 0. The molecule has 0 amide bonds. The van der Waals surface area contributed by atoms with Crippen LogP contribution in [0.1, 0.15) is 51.0 Å². The van der Waals surface area contributed by atoms with Crippen LogP contribution in [0, 0.1) is 5.92 Å². The Kier molecular flexibility index (Phi) is 12.5. The summed E-state index contributed by atoms with van der Waals surface area (Å²) in [4.78, 5) is 28.7. The van der Waals surface area contributed by atoms with Gasteiger partial charge in [0.15, 0.2) is 0 Å². The fourth-order valence-corrected chi connectivity index (χ4v) is 7.53. The summed E-state index contributed by atoms with van der Waals surface area (Å²) in [6, 6.07) is 13.3. The van der Waals surface area contributed by atoms with Crippen LogP contribution >= 0.6 is 23.2 Å². The van der Waals surface area contributed by atoms with Gasteiger partial charge in [-0.25, -0.2) is 18.4 Å². The van der Waals surface area contributed by atoms with E-state index < -0.39 is 9.84 Å². The summed E-state index contributed by atoms with van der Waals surface area (Å²) in [5, 5.41) is 1.08. The molecule has 0 N–H and O–H groups in total. The molecule has 3 aromatic rings. The van der Waals surface area contributed by atoms with Crippen LogP contribution in [0.3, 0.4) is 0 Å². The number of ether oxygens (including phenoxy) is 1. The van der Waals surface area contributed by atoms with Crippen LogP contribution in [0.5, 0.6) is 11.6 Å². The maximum atomic E-state index is 12.2. The Balaban J connectivity index is 1.24. The van der Waals surface area contributed by atoms with E-state index in [1.807, 2.05) is 30.3 Å². The van der Waals surface area contributed by atoms with Crippen molar-refractivity contribution in [1.29, 1.82) is 0 Å². The van der Waals surface area contributed by atoms with Gasteiger partial charge in [-0.1, -0.05) is 30.1 Å². The zero-order chi connectivity index (χ0) is 33.4. The fraction of sp³-hybridized carbons (Fsp3) is 0.514. The molecular weight excluding hydrogens is 657 g/mol. The minimum absolute atomic E-state index is 0.226. The zero-order valence-corrected chi connectivity index (χ0v) is 29.7. The third kappa shape index (κ3) is 11.1. The number of piperidine rings is 1. The molecule has 47 heavy (non-hydrogen) atoms. The van der Waals surface area contributed by atoms with Crippen molar-refractivity contribution in [1.82, 2.24) is 19.8 Å². The molecule has 0 radical (unpaired) electrons. The normalized spacial score (nSPS) is 16.8. The van der Waals surface area contributed by atoms with Crippen LogP contribution in [0.2, 0.25) is 10.0 Å². The summed E-state index contributed by atoms with van der Waals surface area (Å²) >= 11 is 12.7. The first kappa shape index (κ1) is 35.5. The summed E-state index contributed by atoms with van der Waals surface area (Å²) in [5.41, 5.74) is 2.60. The van der Waals surface area contributed by atoms with Crippen molar-refractivity contribution in [3.05, 3.63) is 64.3 Å². The Morgan fingerprint density at radius 3 is 2.32 bits per heavy atom. The van der Waals surface area contributed by atoms with Gasteiger partial charge < -0.3 is 9.64 Å². The SMILES string of the molecule is CCCC(=O)CC1CCN(Cc2cc(Oc3ccc(N4CCN(CCCS(C)(=O)=O)CC4)nc3)nc(-c3cc(Cl)cc(Cl)c3)c2)CC1. The molecule has 2 aromatic heterocycles. The highest BCUT2D eigenvalue weighted by Crippen LogP contribution is 2.31. The Morgan fingerprint density at radius 1 is 0.957 bits per heavy atom. The smallest absolute Gasteiger partial charge is 0.220 e. The minimum atomic E-state index is -2.93. The number of carbonyl (C=O) groups excluding carboxylic acids is 1. The molecule has 4 heterocycles. The number of ketones is 1. The molecule has 0 unspecified atom stereocenters. The van der Waals surface area contributed by atoms with Crippen molar-refractivity contribution >= 4 is 44.6 Å². The van der Waals surface area contributed by atoms with Crippen molar-refractivity contribution in [2.45, 2.75) is 52.0 Å². The molecule has 2 saturated heterocycles. The van der Waals surface area contributed by atoms with Gasteiger partial charge in [0.1, 0.15) is 27.2 Å². The third-order valence-corrected chi connectivity index (χ3v) is 10.3. The second-order valence-corrected chi connectivity index (χ2v) is 16.0. The quantitative estimate of drug-likeness (QED) is 0.180. The van der Waals surface area contributed by atoms with Crippen LogP contribution in [-0.2, 0) is 21.2 Å². The number of sulfone groups is 1. The van der Waals surface area contributed by atoms with Gasteiger partial charge in [-0.3, -0.25) is 14.6 Å². The largest absolute Gasteiger partial charge is 0.437 e. The van der Waals surface area contributed by atoms with E-state index in [1.54, 1.807) is 12.3 Å². The number of rotatable bonds is 14. The van der Waals surface area contributed by atoms with Gasteiger partial charge in [-0.05, 0) is 93.2 Å². The van der Waals surface area contributed by atoms with E-state index >= 15 is 0 Å². The lowest BCUT2D eigenvalue weighted by Gasteiger charge is -2.35. The maximum absolute atomic E-state index is 12.2. The molecule has 0 atom stereocenters. The number of aromatic nitrogens is 2. The van der Waals surface area contributed by atoms with Crippen LogP contribution in [-0.4, -0.2) is 91.8 Å². The number of hydrogen-bond acceptors (Lipinski definition) is 9. The van der Waals surface area contributed by atoms with Crippen molar-refractivity contribution in [2.24, 2.45) is 5.92 Å². The molecule has 0 aliphatic carbocycles. The molecule has 0 bridgehead atoms. The van der Waals surface area contributed by atoms with E-state index in [0.717, 1.165) is 94.3 Å². The molecule has 5 rings (SSSR count). The Hall–Kier alpha value is -2.76. The van der Waals surface area contributed by atoms with Gasteiger partial charge in [0.2, 0.25) is 5.88 Å². The van der Waals surface area contributed by atoms with Crippen LogP contribution in [0.4, 0.5) is 5.82 Å². The number of carbonyl (C=O) groups is 1. The third-order valence-electron chi connectivity index (χ3n) is 8.81. The Bertz CT molecular complexity index is 1590. The van der Waals surface area contributed by atoms with Gasteiger partial charge in [0.05, 0.1) is 17.6 Å². The number of benzene rings is 1. The minimum Gasteiger partial charge on any atom is -0.437 e. The monoisotopic (exact) mass is 701 g/mol. The van der Waals surface area contributed by atoms with Crippen molar-refractivity contribution in [3.63, 3.8) is 0 Å². The summed E-state index contributed by atoms with van der Waals surface area (Å²) in [6.07, 6.45) is 8.02. The average Bonchev–Trinajstić information content (AvgIpc) is 3.02. The molecule has 2 fully saturated rings. The van der Waals surface area contributed by atoms with Crippen LogP contribution in [0.15, 0.2) is 48.7 Å². The summed E-state index contributed by atoms with van der Waals surface area (Å²) in [5.74, 6) is 3.01. The van der Waals surface area contributed by atoms with Crippen LogP contribution < -0.4 is 9.64 Å². The average molecular weight is 703 g/mol. The number of likely N-dealkylation sites (tertiary alicyclic amines) is 1. The highest BCUT2D eigenvalue weighted by atomic mass is 35.5. The number of halogens is 2. The standard InChI is InChI=1S/C35H45Cl2N5O4S/c1-3-5-31(43)18-26-8-11-41(12-9-26)25-27-19-33(28-21-29(36)23-30(37)22-28)39-35(20-27)46-32-6-7-34(38-24-32)42-15-13-40(14-16-42)10-4-17-47(2,44)45/h6-7,19-24,26H,3-5,8-18,25H2,1-2H3. The Labute approximate surface area is 289 Å². The molecule has 2 aliphatic rings. The highest BCUT2D eigenvalue weighted by Gasteiger charge is 2.22. The first-order valence-electron chi connectivity index (χ1n) is 16.5. The first-order chi connectivity index (χ1) is 22.5. The van der Waals surface area contributed by atoms with E-state index in [0.29, 0.717) is 52.6 Å². The lowest BCUT2D eigenvalue weighted by atomic mass is 9.90. The van der Waals surface area contributed by atoms with Crippen molar-refractivity contribution in [3.8, 4) is 22.9 Å². The predicted molar refractivity (Wildman–Crippen MR) is 190 cm³/mol. The second kappa shape index (κ2) is 16.6. The maximum Gasteiger partial charge on any atom is 0.220 e. The number of anilines is 1. The van der Waals surface area contributed by atoms with Gasteiger partial charge in [-0.15, -0.1) is 0 Å². The molecule has 2 aliphatic heterocycles. The van der Waals surface area contributed by atoms with Crippen LogP contribution in [0.25, 0.3) is 11.3 Å². The number of nitrogens with zero attached hydrogens (tertiary/aromatic N) is 5. The molecule has 12 heteroatoms. The Morgan fingerprint density at radius 2 is 1.68 bits per heavy atom. The van der Waals surface area contributed by atoms with Crippen molar-refractivity contribution < 1.29 is 17.9 Å². The first-order valence-corrected chi connectivity index (χ1v) is 19.3. The van der Waals surface area contributed by atoms with Crippen molar-refractivity contribution in [2.75, 3.05) is 62.7 Å². The summed E-state index contributed by atoms with van der Waals surface area (Å²) in [7, 11) is -2.93. The van der Waals surface area contributed by atoms with Gasteiger partial charge >= 0.3 is 0 Å². The second-order valence-electron chi connectivity index (χ2n) is 12.8. The molecule has 0 spiro atoms. The van der Waals surface area contributed by atoms with E-state index in [-0.39, 0.29) is 5.75 Å². The number of piperazine rings is 1. The lowest BCUT2D eigenvalue weighted by Crippen LogP contribution is -2.47. The fourth-order valence-electron chi connectivity index (χ4n) is 6.35. The van der Waals surface area contributed by atoms with Gasteiger partial charge in [0, 0.05) is 73.5 Å². The molecular formula is C35H45Cl2N5O4S. The molecule has 0 saturated carbocycles. The molecule has 254 valence electrons. The summed E-state index contributed by atoms with van der Waals surface area (Å²) < 4.78 is 29.2. The predicted octanol–water partition coefficient (Wildman–Crippen LogP) is 6.77. The van der Waals surface area contributed by atoms with E-state index in [1.165, 1.54) is 6.26 Å². The molecule has 9 nitrogen and oxygen atoms in total. The van der Waals surface area contributed by atoms with Gasteiger partial charge in [-0.2, -0.15) is 0 Å². The highest BCUT2D eigenvalue weighted by molar-refractivity contribution is 7.90. The lowest BCUT2D eigenvalue weighted by molar-refractivity contribution is -0.120. The summed E-state index contributed by atoms with van der Waals surface area (Å²) in [6.45, 7) is 8.87. The number of pyridine rings is 2. The van der Waals surface area contributed by atoms with E-state index in [9.17, 15) is 13.2 Å². The topological polar surface area (TPSA) is 95.9 Å².